The van der Waals surface area contributed by atoms with E-state index in [1.54, 1.807) is 6.92 Å². The van der Waals surface area contributed by atoms with Crippen LogP contribution >= 0.6 is 15.9 Å². The third kappa shape index (κ3) is 2.44. The number of carbonyl (C=O) groups excluding carboxylic acids is 1. The van der Waals surface area contributed by atoms with E-state index in [1.807, 2.05) is 30.3 Å². The van der Waals surface area contributed by atoms with Gasteiger partial charge in [-0.3, -0.25) is 0 Å². The number of hydrogen-bond acceptors (Lipinski definition) is 4. The zero-order valence-corrected chi connectivity index (χ0v) is 10.8. The average molecular weight is 295 g/mol. The van der Waals surface area contributed by atoms with Crippen LogP contribution in [-0.2, 0) is 9.53 Å². The van der Waals surface area contributed by atoms with E-state index >= 15 is 0 Å². The molecule has 0 aromatic heterocycles. The van der Waals surface area contributed by atoms with E-state index in [4.69, 9.17) is 4.74 Å². The number of benzene rings is 1. The van der Waals surface area contributed by atoms with E-state index in [1.165, 1.54) is 0 Å². The summed E-state index contributed by atoms with van der Waals surface area (Å²) in [6, 6.07) is 8.93. The Kier molecular flexibility index (Phi) is 3.68. The Labute approximate surface area is 108 Å². The quantitative estimate of drug-likeness (QED) is 0.804. The Morgan fingerprint density at radius 1 is 1.41 bits per heavy atom. The van der Waals surface area contributed by atoms with E-state index in [0.29, 0.717) is 16.8 Å². The first-order valence-corrected chi connectivity index (χ1v) is 6.06. The third-order valence-corrected chi connectivity index (χ3v) is 3.11. The lowest BCUT2D eigenvalue weighted by molar-refractivity contribution is -0.143. The molecule has 1 aromatic carbocycles. The molecule has 1 aromatic rings. The minimum absolute atomic E-state index is 0.339. The molecule has 0 aliphatic carbocycles. The number of esters is 1. The predicted molar refractivity (Wildman–Crippen MR) is 67.6 cm³/mol. The topological polar surface area (TPSA) is 51.0 Å². The van der Waals surface area contributed by atoms with Crippen molar-refractivity contribution >= 4 is 27.6 Å². The minimum Gasteiger partial charge on any atom is -0.464 e. The van der Waals surface area contributed by atoms with Gasteiger partial charge in [-0.25, -0.2) is 4.79 Å². The smallest absolute Gasteiger partial charge is 0.338 e. The summed E-state index contributed by atoms with van der Waals surface area (Å²) in [4.78, 5) is 11.6. The van der Waals surface area contributed by atoms with Crippen LogP contribution in [0.15, 0.2) is 45.0 Å². The van der Waals surface area contributed by atoms with Crippen molar-refractivity contribution in [2.45, 2.75) is 13.0 Å². The van der Waals surface area contributed by atoms with Gasteiger partial charge in [-0.15, -0.1) is 0 Å². The van der Waals surface area contributed by atoms with Gasteiger partial charge in [0.15, 0.2) is 0 Å². The van der Waals surface area contributed by atoms with Crippen molar-refractivity contribution in [3.05, 3.63) is 40.4 Å². The molecule has 1 atom stereocenters. The van der Waals surface area contributed by atoms with Crippen LogP contribution in [0.4, 0.5) is 0 Å². The molecule has 1 aliphatic rings. The lowest BCUT2D eigenvalue weighted by atomic mass is 10.1. The van der Waals surface area contributed by atoms with Gasteiger partial charge in [0.1, 0.15) is 5.70 Å². The van der Waals surface area contributed by atoms with Crippen LogP contribution in [-0.4, -0.2) is 18.6 Å². The van der Waals surface area contributed by atoms with Crippen molar-refractivity contribution in [3.63, 3.8) is 0 Å². The zero-order chi connectivity index (χ0) is 12.3. The molecule has 0 saturated heterocycles. The van der Waals surface area contributed by atoms with E-state index in [0.717, 1.165) is 5.56 Å². The van der Waals surface area contributed by atoms with Gasteiger partial charge in [-0.2, -0.15) is 10.2 Å². The molecule has 0 radical (unpaired) electrons. The van der Waals surface area contributed by atoms with Crippen molar-refractivity contribution in [2.24, 2.45) is 10.2 Å². The van der Waals surface area contributed by atoms with E-state index in [-0.39, 0.29) is 5.97 Å². The van der Waals surface area contributed by atoms with E-state index < -0.39 is 6.04 Å². The highest BCUT2D eigenvalue weighted by Crippen LogP contribution is 2.34. The van der Waals surface area contributed by atoms with Crippen LogP contribution in [0.25, 0.3) is 5.70 Å². The van der Waals surface area contributed by atoms with Gasteiger partial charge < -0.3 is 4.74 Å². The number of halogens is 1. The van der Waals surface area contributed by atoms with E-state index in [2.05, 4.69) is 26.2 Å². The van der Waals surface area contributed by atoms with Gasteiger partial charge in [-0.05, 0) is 6.92 Å². The summed E-state index contributed by atoms with van der Waals surface area (Å²) >= 11 is 3.37. The van der Waals surface area contributed by atoms with Crippen LogP contribution in [0, 0.1) is 0 Å². The summed E-state index contributed by atoms with van der Waals surface area (Å²) in [5, 5.41) is 7.95. The van der Waals surface area contributed by atoms with Gasteiger partial charge in [-0.1, -0.05) is 46.3 Å². The lowest BCUT2D eigenvalue weighted by Crippen LogP contribution is -2.20. The third-order valence-electron chi connectivity index (χ3n) is 2.30. The van der Waals surface area contributed by atoms with Crippen molar-refractivity contribution in [3.8, 4) is 0 Å². The number of nitrogens with zero attached hydrogens (tertiary/aromatic N) is 2. The summed E-state index contributed by atoms with van der Waals surface area (Å²) in [7, 11) is 0. The zero-order valence-electron chi connectivity index (χ0n) is 9.26. The molecule has 0 bridgehead atoms. The molecule has 0 amide bonds. The molecule has 2 rings (SSSR count). The molecule has 4 nitrogen and oxygen atoms in total. The Morgan fingerprint density at radius 2 is 2.12 bits per heavy atom. The molecule has 0 unspecified atom stereocenters. The minimum atomic E-state index is -0.662. The molecular formula is C12H11BrN2O2. The summed E-state index contributed by atoms with van der Waals surface area (Å²) < 4.78 is 5.58. The number of azo groups is 1. The fourth-order valence-electron chi connectivity index (χ4n) is 1.51. The van der Waals surface area contributed by atoms with Crippen LogP contribution in [0.1, 0.15) is 12.5 Å². The SMILES string of the molecule is CCOC(=O)[C@H]1N=NC(c2ccccc2)=C1Br. The first kappa shape index (κ1) is 12.0. The standard InChI is InChI=1S/C12H11BrN2O2/c1-2-17-12(16)11-9(13)10(14-15-11)8-6-4-3-5-7-8/h3-7,11H,2H2,1H3/t11-/m0/s1. The second kappa shape index (κ2) is 5.23. The van der Waals surface area contributed by atoms with Gasteiger partial charge in [0.2, 0.25) is 6.04 Å². The molecule has 0 fully saturated rings. The first-order chi connectivity index (χ1) is 8.24. The predicted octanol–water partition coefficient (Wildman–Crippen LogP) is 3.15. The summed E-state index contributed by atoms with van der Waals surface area (Å²) in [5.74, 6) is -0.381. The van der Waals surface area contributed by atoms with Crippen LogP contribution < -0.4 is 0 Å². The Hall–Kier alpha value is -1.49. The maximum Gasteiger partial charge on any atom is 0.338 e. The summed E-state index contributed by atoms with van der Waals surface area (Å²) in [6.07, 6.45) is 0. The maximum atomic E-state index is 11.6. The second-order valence-corrected chi connectivity index (χ2v) is 4.29. The first-order valence-electron chi connectivity index (χ1n) is 5.26. The molecule has 1 aliphatic heterocycles. The monoisotopic (exact) mass is 294 g/mol. The fourth-order valence-corrected chi connectivity index (χ4v) is 2.09. The Bertz CT molecular complexity index is 483. The van der Waals surface area contributed by atoms with Gasteiger partial charge in [0.25, 0.3) is 0 Å². The molecule has 0 spiro atoms. The summed E-state index contributed by atoms with van der Waals surface area (Å²) in [5.41, 5.74) is 1.61. The van der Waals surface area contributed by atoms with Gasteiger partial charge >= 0.3 is 5.97 Å². The normalized spacial score (nSPS) is 18.6. The largest absolute Gasteiger partial charge is 0.464 e. The van der Waals surface area contributed by atoms with Crippen molar-refractivity contribution < 1.29 is 9.53 Å². The molecule has 17 heavy (non-hydrogen) atoms. The Morgan fingerprint density at radius 3 is 2.76 bits per heavy atom. The maximum absolute atomic E-state index is 11.6. The number of rotatable bonds is 3. The highest BCUT2D eigenvalue weighted by atomic mass is 79.9. The number of carbonyl (C=O) groups is 1. The molecule has 88 valence electrons. The van der Waals surface area contributed by atoms with E-state index in [9.17, 15) is 4.79 Å². The summed E-state index contributed by atoms with van der Waals surface area (Å²) in [6.45, 7) is 2.10. The highest BCUT2D eigenvalue weighted by Gasteiger charge is 2.30. The fraction of sp³-hybridized carbons (Fsp3) is 0.250. The van der Waals surface area contributed by atoms with Gasteiger partial charge in [0, 0.05) is 5.56 Å². The van der Waals surface area contributed by atoms with Crippen molar-refractivity contribution in [1.29, 1.82) is 0 Å². The number of hydrogen-bond donors (Lipinski definition) is 0. The van der Waals surface area contributed by atoms with Gasteiger partial charge in [0.05, 0.1) is 11.1 Å². The van der Waals surface area contributed by atoms with Crippen LogP contribution in [0.3, 0.4) is 0 Å². The second-order valence-electron chi connectivity index (χ2n) is 3.43. The van der Waals surface area contributed by atoms with Crippen molar-refractivity contribution in [2.75, 3.05) is 6.61 Å². The highest BCUT2D eigenvalue weighted by molar-refractivity contribution is 9.12. The molecule has 0 saturated carbocycles. The van der Waals surface area contributed by atoms with Crippen LogP contribution in [0.2, 0.25) is 0 Å². The molecule has 0 N–H and O–H groups in total. The average Bonchev–Trinajstić information content (AvgIpc) is 2.72. The van der Waals surface area contributed by atoms with Crippen LogP contribution in [0.5, 0.6) is 0 Å². The molecular weight excluding hydrogens is 284 g/mol. The Balaban J connectivity index is 2.27. The molecule has 1 heterocycles. The lowest BCUT2D eigenvalue weighted by Gasteiger charge is -2.05. The number of ether oxygens (including phenoxy) is 1. The van der Waals surface area contributed by atoms with Crippen molar-refractivity contribution in [1.82, 2.24) is 0 Å². The molecule has 5 heteroatoms.